The van der Waals surface area contributed by atoms with E-state index in [1.807, 2.05) is 0 Å². The van der Waals surface area contributed by atoms with Crippen LogP contribution in [0.1, 0.15) is 175 Å². The molecule has 0 aromatic rings. The predicted octanol–water partition coefficient (Wildman–Crippen LogP) is 2.34. The van der Waals surface area contributed by atoms with Crippen molar-refractivity contribution in [1.29, 1.82) is 0 Å². The summed E-state index contributed by atoms with van der Waals surface area (Å²) in [5.41, 5.74) is 0. The van der Waals surface area contributed by atoms with E-state index >= 15 is 0 Å². The van der Waals surface area contributed by atoms with Crippen LogP contribution in [-0.2, 0) is 29.2 Å². The summed E-state index contributed by atoms with van der Waals surface area (Å²) in [7, 11) is -8.96. The van der Waals surface area contributed by atoms with Crippen LogP contribution in [0.25, 0.3) is 0 Å². The molecule has 0 aliphatic rings. The Hall–Kier alpha value is 1.70. The van der Waals surface area contributed by atoms with Gasteiger partial charge in [0.2, 0.25) is 20.8 Å². The molecule has 0 radical (unpaired) electrons. The van der Waals surface area contributed by atoms with Crippen molar-refractivity contribution in [2.24, 2.45) is 0 Å². The van der Waals surface area contributed by atoms with Crippen LogP contribution in [0.5, 0.6) is 0 Å². The maximum absolute atomic E-state index is 10.1. The normalized spacial score (nSPS) is 10.9. The van der Waals surface area contributed by atoms with Crippen molar-refractivity contribution in [3.05, 3.63) is 0 Å². The van der Waals surface area contributed by atoms with Gasteiger partial charge in [0.05, 0.1) is 13.2 Å². The van der Waals surface area contributed by atoms with E-state index in [-0.39, 0.29) is 72.3 Å². The average Bonchev–Trinajstić information content (AvgIpc) is 2.90. The fourth-order valence-corrected chi connectivity index (χ4v) is 4.68. The van der Waals surface area contributed by atoms with Crippen LogP contribution in [-0.4, -0.2) is 50.9 Å². The van der Waals surface area contributed by atoms with Gasteiger partial charge >= 0.3 is 59.1 Å². The molecule has 0 heterocycles. The summed E-state index contributed by atoms with van der Waals surface area (Å²) in [4.78, 5) is 0. The molecule has 13 heteroatoms. The summed E-state index contributed by atoms with van der Waals surface area (Å²) < 4.78 is 68.5. The van der Waals surface area contributed by atoms with Gasteiger partial charge in [-0.15, -0.1) is 0 Å². The summed E-state index contributed by atoms with van der Waals surface area (Å²) in [6.07, 6.45) is 28.2. The third-order valence-electron chi connectivity index (χ3n) is 6.46. The van der Waals surface area contributed by atoms with Crippen molar-refractivity contribution >= 4 is 20.8 Å². The van der Waals surface area contributed by atoms with Gasteiger partial charge in [0, 0.05) is 6.61 Å². The van der Waals surface area contributed by atoms with Gasteiger partial charge in [-0.2, -0.15) is 0 Å². The van der Waals surface area contributed by atoms with Gasteiger partial charge in [0.1, 0.15) is 0 Å². The molecule has 0 aromatic carbocycles. The minimum absolute atomic E-state index is 0. The third-order valence-corrected chi connectivity index (χ3v) is 7.37. The van der Waals surface area contributed by atoms with Crippen molar-refractivity contribution in [1.82, 2.24) is 0 Å². The second-order valence-corrected chi connectivity index (χ2v) is 12.7. The minimum atomic E-state index is -4.48. The molecule has 0 atom stereocenters. The zero-order chi connectivity index (χ0) is 31.5. The van der Waals surface area contributed by atoms with Gasteiger partial charge in [-0.1, -0.05) is 156 Å². The van der Waals surface area contributed by atoms with E-state index in [0.717, 1.165) is 32.1 Å². The third kappa shape index (κ3) is 66.9. The van der Waals surface area contributed by atoms with Crippen LogP contribution in [0.15, 0.2) is 0 Å². The first-order chi connectivity index (χ1) is 19.5. The Balaban J connectivity index is -0.000000166. The van der Waals surface area contributed by atoms with Crippen LogP contribution >= 0.6 is 0 Å². The number of unbranched alkanes of at least 4 members (excludes halogenated alkanes) is 21. The summed E-state index contributed by atoms with van der Waals surface area (Å²) >= 11 is 0. The molecular weight excluding hydrogens is 614 g/mol. The van der Waals surface area contributed by atoms with Gasteiger partial charge in [-0.3, -0.25) is 8.37 Å². The van der Waals surface area contributed by atoms with E-state index in [1.165, 1.54) is 109 Å². The molecule has 0 rings (SSSR count). The number of rotatable bonds is 28. The van der Waals surface area contributed by atoms with Crippen LogP contribution < -0.4 is 59.1 Å². The topological polar surface area (TPSA) is 153 Å². The molecule has 0 aliphatic carbocycles. The van der Waals surface area contributed by atoms with E-state index < -0.39 is 20.8 Å². The molecule has 0 bridgehead atoms. The molecule has 9 nitrogen and oxygen atoms in total. The van der Waals surface area contributed by atoms with E-state index in [9.17, 15) is 25.9 Å². The average molecular weight is 679 g/mol. The Morgan fingerprint density at radius 1 is 0.419 bits per heavy atom. The smallest absolute Gasteiger partial charge is 0.726 e. The fraction of sp³-hybridized carbons (Fsp3) is 1.00. The second kappa shape index (κ2) is 43.7. The Bertz CT molecular complexity index is 638. The van der Waals surface area contributed by atoms with E-state index in [4.69, 9.17) is 5.11 Å². The van der Waals surface area contributed by atoms with Gasteiger partial charge in [0.25, 0.3) is 0 Å². The Morgan fingerprint density at radius 2 is 0.628 bits per heavy atom. The predicted molar refractivity (Wildman–Crippen MR) is 166 cm³/mol. The number of hydrogen-bond donors (Lipinski definition) is 1. The monoisotopic (exact) mass is 678 g/mol. The molecule has 0 unspecified atom stereocenters. The summed E-state index contributed by atoms with van der Waals surface area (Å²) in [6.45, 7) is 7.03. The van der Waals surface area contributed by atoms with Crippen molar-refractivity contribution in [3.63, 3.8) is 0 Å². The summed E-state index contributed by atoms with van der Waals surface area (Å²) in [5.74, 6) is 0. The van der Waals surface area contributed by atoms with Gasteiger partial charge in [-0.05, 0) is 19.3 Å². The number of aliphatic hydroxyl groups is 1. The Labute approximate surface area is 311 Å². The molecule has 0 saturated heterocycles. The molecule has 0 spiro atoms. The largest absolute Gasteiger partial charge is 1.00 e. The SMILES string of the molecule is CCCCCCCCCCO.CCCCCCCCCCOS(=O)(=O)[O-].CCCCCCCCCCOS(=O)(=O)[O-].[Na+].[Na+]. The first-order valence-electron chi connectivity index (χ1n) is 16.3. The molecule has 43 heavy (non-hydrogen) atoms. The molecule has 0 aliphatic heterocycles. The zero-order valence-corrected chi connectivity index (χ0v) is 34.3. The van der Waals surface area contributed by atoms with Gasteiger partial charge < -0.3 is 14.2 Å². The molecule has 1 N–H and O–H groups in total. The van der Waals surface area contributed by atoms with Crippen molar-refractivity contribution in [2.75, 3.05) is 19.8 Å². The number of hydrogen-bond acceptors (Lipinski definition) is 9. The second-order valence-electron chi connectivity index (χ2n) is 10.6. The van der Waals surface area contributed by atoms with Gasteiger partial charge in [0.15, 0.2) is 0 Å². The maximum Gasteiger partial charge on any atom is 1.00 e. The van der Waals surface area contributed by atoms with Crippen molar-refractivity contribution < 1.29 is 98.5 Å². The maximum atomic E-state index is 10.1. The van der Waals surface area contributed by atoms with Crippen LogP contribution in [0.4, 0.5) is 0 Å². The molecular formula is C30H64Na2O9S2. The quantitative estimate of drug-likeness (QED) is 0.0569. The Morgan fingerprint density at radius 3 is 0.837 bits per heavy atom. The van der Waals surface area contributed by atoms with Crippen molar-refractivity contribution in [2.45, 2.75) is 175 Å². The molecule has 0 fully saturated rings. The molecule has 0 amide bonds. The van der Waals surface area contributed by atoms with Crippen LogP contribution in [0.3, 0.4) is 0 Å². The summed E-state index contributed by atoms with van der Waals surface area (Å²) in [5, 5.41) is 8.51. The van der Waals surface area contributed by atoms with E-state index in [0.29, 0.717) is 19.4 Å². The first-order valence-corrected chi connectivity index (χ1v) is 19.0. The van der Waals surface area contributed by atoms with E-state index in [1.54, 1.807) is 0 Å². The zero-order valence-electron chi connectivity index (χ0n) is 28.6. The number of aliphatic hydroxyl groups excluding tert-OH is 1. The first kappa shape index (κ1) is 54.2. The van der Waals surface area contributed by atoms with Crippen molar-refractivity contribution in [3.8, 4) is 0 Å². The molecule has 0 aromatic heterocycles. The van der Waals surface area contributed by atoms with Crippen LogP contribution in [0.2, 0.25) is 0 Å². The standard InChI is InChI=1S/2C10H22O4S.C10H22O.2Na/c2*1-2-3-4-5-6-7-8-9-10-14-15(11,12)13;1-2-3-4-5-6-7-8-9-10-11;;/h2*2-10H2,1H3,(H,11,12,13);11H,2-10H2,1H3;;/q;;;2*+1/p-2. The van der Waals surface area contributed by atoms with Gasteiger partial charge in [-0.25, -0.2) is 16.8 Å². The van der Waals surface area contributed by atoms with Crippen LogP contribution in [0, 0.1) is 0 Å². The molecule has 252 valence electrons. The fourth-order valence-electron chi connectivity index (χ4n) is 4.04. The summed E-state index contributed by atoms with van der Waals surface area (Å²) in [6, 6.07) is 0. The molecule has 0 saturated carbocycles. The Kier molecular flexibility index (Phi) is 55.0. The van der Waals surface area contributed by atoms with E-state index in [2.05, 4.69) is 29.1 Å². The minimum Gasteiger partial charge on any atom is -0.726 e.